The van der Waals surface area contributed by atoms with E-state index in [2.05, 4.69) is 0 Å². The highest BCUT2D eigenvalue weighted by atomic mass is 35.5. The molecule has 1 fully saturated rings. The van der Waals surface area contributed by atoms with E-state index in [1.807, 2.05) is 0 Å². The summed E-state index contributed by atoms with van der Waals surface area (Å²) in [6.07, 6.45) is 1.99. The normalized spacial score (nSPS) is 16.1. The zero-order chi connectivity index (χ0) is 10.8. The van der Waals surface area contributed by atoms with Crippen molar-refractivity contribution >= 4 is 17.3 Å². The number of halogens is 3. The molecule has 0 atom stereocenters. The third kappa shape index (κ3) is 2.07. The smallest absolute Gasteiger partial charge is 0.149 e. The first kappa shape index (κ1) is 10.7. The standard InChI is InChI=1S/C11H12ClF2N/c12-7-8-5-9(13)11(10(14)6-8)15-3-1-2-4-15/h5-6H,1-4,7H2. The zero-order valence-corrected chi connectivity index (χ0v) is 9.03. The maximum Gasteiger partial charge on any atom is 0.149 e. The minimum absolute atomic E-state index is 0.0985. The van der Waals surface area contributed by atoms with Gasteiger partial charge in [-0.2, -0.15) is 0 Å². The molecule has 0 aromatic heterocycles. The van der Waals surface area contributed by atoms with E-state index in [-0.39, 0.29) is 11.6 Å². The molecule has 1 heterocycles. The summed E-state index contributed by atoms with van der Waals surface area (Å²) in [5.41, 5.74) is 0.580. The molecule has 15 heavy (non-hydrogen) atoms. The maximum atomic E-state index is 13.6. The predicted octanol–water partition coefficient (Wildman–Crippen LogP) is 3.30. The number of benzene rings is 1. The molecule has 0 spiro atoms. The molecule has 1 aliphatic heterocycles. The van der Waals surface area contributed by atoms with Crippen molar-refractivity contribution in [2.24, 2.45) is 0 Å². The van der Waals surface area contributed by atoms with Crippen molar-refractivity contribution in [3.05, 3.63) is 29.3 Å². The van der Waals surface area contributed by atoms with E-state index in [4.69, 9.17) is 11.6 Å². The first-order valence-electron chi connectivity index (χ1n) is 5.01. The molecule has 1 saturated heterocycles. The topological polar surface area (TPSA) is 3.24 Å². The van der Waals surface area contributed by atoms with Crippen LogP contribution in [0.3, 0.4) is 0 Å². The van der Waals surface area contributed by atoms with Crippen LogP contribution >= 0.6 is 11.6 Å². The minimum Gasteiger partial charge on any atom is -0.367 e. The van der Waals surface area contributed by atoms with Gasteiger partial charge in [-0.3, -0.25) is 0 Å². The largest absolute Gasteiger partial charge is 0.367 e. The number of nitrogens with zero attached hydrogens (tertiary/aromatic N) is 1. The molecule has 0 aliphatic carbocycles. The van der Waals surface area contributed by atoms with Crippen molar-refractivity contribution in [3.63, 3.8) is 0 Å². The fourth-order valence-corrected chi connectivity index (χ4v) is 2.09. The van der Waals surface area contributed by atoms with Crippen LogP contribution in [0.2, 0.25) is 0 Å². The fourth-order valence-electron chi connectivity index (χ4n) is 1.94. The van der Waals surface area contributed by atoms with Gasteiger partial charge < -0.3 is 4.90 Å². The highest BCUT2D eigenvalue weighted by Gasteiger charge is 2.20. The van der Waals surface area contributed by atoms with Crippen molar-refractivity contribution in [3.8, 4) is 0 Å². The molecule has 0 amide bonds. The average molecular weight is 232 g/mol. The number of hydrogen-bond donors (Lipinski definition) is 0. The fraction of sp³-hybridized carbons (Fsp3) is 0.455. The monoisotopic (exact) mass is 231 g/mol. The van der Waals surface area contributed by atoms with Gasteiger partial charge in [0.25, 0.3) is 0 Å². The molecule has 0 radical (unpaired) electrons. The van der Waals surface area contributed by atoms with Crippen molar-refractivity contribution in [2.75, 3.05) is 18.0 Å². The van der Waals surface area contributed by atoms with Crippen LogP contribution in [0.5, 0.6) is 0 Å². The van der Waals surface area contributed by atoms with Crippen LogP contribution in [0, 0.1) is 11.6 Å². The third-order valence-corrected chi connectivity index (χ3v) is 2.96. The Balaban J connectivity index is 2.37. The average Bonchev–Trinajstić information content (AvgIpc) is 2.69. The van der Waals surface area contributed by atoms with Gasteiger partial charge in [-0.15, -0.1) is 11.6 Å². The lowest BCUT2D eigenvalue weighted by Crippen LogP contribution is -2.20. The van der Waals surface area contributed by atoms with E-state index in [0.717, 1.165) is 25.9 Å². The van der Waals surface area contributed by atoms with E-state index >= 15 is 0 Å². The first-order valence-corrected chi connectivity index (χ1v) is 5.54. The summed E-state index contributed by atoms with van der Waals surface area (Å²) in [7, 11) is 0. The van der Waals surface area contributed by atoms with Crippen LogP contribution in [0.25, 0.3) is 0 Å². The number of alkyl halides is 1. The van der Waals surface area contributed by atoms with E-state index in [9.17, 15) is 8.78 Å². The highest BCUT2D eigenvalue weighted by molar-refractivity contribution is 6.17. The first-order chi connectivity index (χ1) is 7.22. The third-order valence-electron chi connectivity index (χ3n) is 2.65. The van der Waals surface area contributed by atoms with Gasteiger partial charge in [-0.05, 0) is 30.5 Å². The van der Waals surface area contributed by atoms with Crippen LogP contribution in [0.1, 0.15) is 18.4 Å². The van der Waals surface area contributed by atoms with E-state index in [0.29, 0.717) is 5.56 Å². The van der Waals surface area contributed by atoms with Crippen LogP contribution in [0.4, 0.5) is 14.5 Å². The van der Waals surface area contributed by atoms with Gasteiger partial charge in [0.15, 0.2) is 0 Å². The molecule has 0 saturated carbocycles. The summed E-state index contributed by atoms with van der Waals surface area (Å²) in [5.74, 6) is -0.881. The summed E-state index contributed by atoms with van der Waals surface area (Å²) >= 11 is 5.54. The van der Waals surface area contributed by atoms with E-state index in [1.54, 1.807) is 4.90 Å². The Hall–Kier alpha value is -0.830. The van der Waals surface area contributed by atoms with Crippen molar-refractivity contribution in [2.45, 2.75) is 18.7 Å². The summed E-state index contributed by atoms with van der Waals surface area (Å²) in [6, 6.07) is 2.62. The SMILES string of the molecule is Fc1cc(CCl)cc(F)c1N1CCCC1. The Labute approximate surface area is 92.6 Å². The highest BCUT2D eigenvalue weighted by Crippen LogP contribution is 2.28. The van der Waals surface area contributed by atoms with E-state index in [1.165, 1.54) is 12.1 Å². The van der Waals surface area contributed by atoms with E-state index < -0.39 is 11.6 Å². The van der Waals surface area contributed by atoms with Gasteiger partial charge in [0.05, 0.1) is 0 Å². The van der Waals surface area contributed by atoms with Crippen LogP contribution in [-0.4, -0.2) is 13.1 Å². The second-order valence-electron chi connectivity index (χ2n) is 3.74. The Morgan fingerprint density at radius 1 is 1.13 bits per heavy atom. The molecule has 1 aromatic carbocycles. The summed E-state index contributed by atoms with van der Waals surface area (Å²) < 4.78 is 27.2. The predicted molar refractivity (Wildman–Crippen MR) is 57.4 cm³/mol. The van der Waals surface area contributed by atoms with Crippen LogP contribution < -0.4 is 4.90 Å². The second kappa shape index (κ2) is 4.35. The maximum absolute atomic E-state index is 13.6. The van der Waals surface area contributed by atoms with Crippen LogP contribution in [-0.2, 0) is 5.88 Å². The molecular formula is C11H12ClF2N. The Kier molecular flexibility index (Phi) is 3.10. The zero-order valence-electron chi connectivity index (χ0n) is 8.27. The molecule has 1 nitrogen and oxygen atoms in total. The van der Waals surface area contributed by atoms with Gasteiger partial charge in [0, 0.05) is 19.0 Å². The molecule has 1 aliphatic rings. The molecule has 4 heteroatoms. The Bertz CT molecular complexity index is 339. The lowest BCUT2D eigenvalue weighted by Gasteiger charge is -2.19. The van der Waals surface area contributed by atoms with Crippen molar-refractivity contribution in [1.82, 2.24) is 0 Å². The molecular weight excluding hydrogens is 220 g/mol. The molecule has 0 unspecified atom stereocenters. The summed E-state index contributed by atoms with van der Waals surface area (Å²) in [6.45, 7) is 1.46. The Morgan fingerprint density at radius 2 is 1.67 bits per heavy atom. The molecule has 1 aromatic rings. The molecule has 2 rings (SSSR count). The number of rotatable bonds is 2. The van der Waals surface area contributed by atoms with Gasteiger partial charge in [-0.25, -0.2) is 8.78 Å². The summed E-state index contributed by atoms with van der Waals surface area (Å²) in [5, 5.41) is 0. The molecule has 0 N–H and O–H groups in total. The van der Waals surface area contributed by atoms with Gasteiger partial charge in [0.1, 0.15) is 17.3 Å². The molecule has 82 valence electrons. The molecule has 0 bridgehead atoms. The summed E-state index contributed by atoms with van der Waals surface area (Å²) in [4.78, 5) is 1.75. The minimum atomic E-state index is -0.507. The van der Waals surface area contributed by atoms with Crippen molar-refractivity contribution < 1.29 is 8.78 Å². The van der Waals surface area contributed by atoms with Gasteiger partial charge in [-0.1, -0.05) is 0 Å². The number of anilines is 1. The quantitative estimate of drug-likeness (QED) is 0.706. The second-order valence-corrected chi connectivity index (χ2v) is 4.00. The van der Waals surface area contributed by atoms with Gasteiger partial charge in [0.2, 0.25) is 0 Å². The lowest BCUT2D eigenvalue weighted by atomic mass is 10.2. The van der Waals surface area contributed by atoms with Crippen LogP contribution in [0.15, 0.2) is 12.1 Å². The van der Waals surface area contributed by atoms with Gasteiger partial charge >= 0.3 is 0 Å². The van der Waals surface area contributed by atoms with Crippen molar-refractivity contribution in [1.29, 1.82) is 0 Å². The number of hydrogen-bond acceptors (Lipinski definition) is 1. The lowest BCUT2D eigenvalue weighted by molar-refractivity contribution is 0.575. The Morgan fingerprint density at radius 3 is 2.13 bits per heavy atom.